The quantitative estimate of drug-likeness (QED) is 0.707. The summed E-state index contributed by atoms with van der Waals surface area (Å²) in [5.74, 6) is 0.982. The van der Waals surface area contributed by atoms with Gasteiger partial charge in [-0.05, 0) is 37.8 Å². The number of rotatable bonds is 3. The van der Waals surface area contributed by atoms with Gasteiger partial charge in [0.25, 0.3) is 0 Å². The van der Waals surface area contributed by atoms with Crippen LogP contribution in [0.5, 0.6) is 0 Å². The highest BCUT2D eigenvalue weighted by atomic mass is 16.1. The van der Waals surface area contributed by atoms with Gasteiger partial charge in [0, 0.05) is 12.0 Å². The number of nitrogen functional groups attached to an aromatic ring is 1. The molecule has 1 aliphatic rings. The monoisotopic (exact) mass is 235 g/mol. The Morgan fingerprint density at radius 2 is 1.94 bits per heavy atom. The average Bonchev–Trinajstić information content (AvgIpc) is 2.33. The van der Waals surface area contributed by atoms with Gasteiger partial charge >= 0.3 is 0 Å². The van der Waals surface area contributed by atoms with Crippen LogP contribution in [-0.2, 0) is 4.79 Å². The van der Waals surface area contributed by atoms with Crippen molar-refractivity contribution in [3.63, 3.8) is 0 Å². The Morgan fingerprint density at radius 3 is 2.47 bits per heavy atom. The summed E-state index contributed by atoms with van der Waals surface area (Å²) in [4.78, 5) is 11.0. The Bertz CT molecular complexity index is 383. The molecule has 0 saturated heterocycles. The molecule has 5 N–H and O–H groups in total. The lowest BCUT2D eigenvalue weighted by molar-refractivity contribution is -0.122. The van der Waals surface area contributed by atoms with Gasteiger partial charge in [-0.3, -0.25) is 4.79 Å². The van der Waals surface area contributed by atoms with E-state index in [1.807, 2.05) is 6.07 Å². The molecule has 1 aliphatic carbocycles. The molecule has 0 aromatic carbocycles. The second kappa shape index (κ2) is 4.99. The van der Waals surface area contributed by atoms with Crippen LogP contribution < -0.4 is 16.8 Å². The number of nitrogens with two attached hydrogens (primary N) is 2. The van der Waals surface area contributed by atoms with Crippen LogP contribution in [0.1, 0.15) is 25.7 Å². The topological polar surface area (TPSA) is 107 Å². The number of hydrogen-bond donors (Lipinski definition) is 3. The number of carbonyl (C=O) groups is 1. The number of aromatic nitrogens is 2. The first-order chi connectivity index (χ1) is 8.15. The standard InChI is InChI=1S/C11H17N5O/c12-9-5-6-10(16-15-9)14-8-3-1-7(2-4-8)11(13)17/h5-8H,1-4H2,(H2,12,15)(H2,13,17)(H,14,16). The molecule has 92 valence electrons. The highest BCUT2D eigenvalue weighted by Gasteiger charge is 2.24. The van der Waals surface area contributed by atoms with Crippen molar-refractivity contribution < 1.29 is 4.79 Å². The van der Waals surface area contributed by atoms with Gasteiger partial charge in [-0.1, -0.05) is 0 Å². The molecule has 6 nitrogen and oxygen atoms in total. The van der Waals surface area contributed by atoms with Gasteiger partial charge in [0.2, 0.25) is 5.91 Å². The van der Waals surface area contributed by atoms with Crippen LogP contribution >= 0.6 is 0 Å². The van der Waals surface area contributed by atoms with Crippen molar-refractivity contribution in [1.29, 1.82) is 0 Å². The summed E-state index contributed by atoms with van der Waals surface area (Å²) < 4.78 is 0. The van der Waals surface area contributed by atoms with Crippen LogP contribution in [0.4, 0.5) is 11.6 Å². The Kier molecular flexibility index (Phi) is 3.41. The minimum atomic E-state index is -0.185. The molecule has 1 saturated carbocycles. The van der Waals surface area contributed by atoms with Gasteiger partial charge in [0.1, 0.15) is 11.6 Å². The zero-order valence-corrected chi connectivity index (χ0v) is 9.60. The molecule has 0 aliphatic heterocycles. The minimum absolute atomic E-state index is 0.0329. The van der Waals surface area contributed by atoms with Crippen LogP contribution in [0.15, 0.2) is 12.1 Å². The molecule has 1 fully saturated rings. The predicted molar refractivity (Wildman–Crippen MR) is 65.0 cm³/mol. The third-order valence-electron chi connectivity index (χ3n) is 3.17. The number of carbonyl (C=O) groups excluding carboxylic acids is 1. The molecule has 0 radical (unpaired) electrons. The molecule has 0 spiro atoms. The summed E-state index contributed by atoms with van der Waals surface area (Å²) in [6.07, 6.45) is 3.55. The lowest BCUT2D eigenvalue weighted by Crippen LogP contribution is -2.32. The van der Waals surface area contributed by atoms with Gasteiger partial charge in [-0.2, -0.15) is 0 Å². The molecule has 2 rings (SSSR count). The number of primary amides is 1. The fraction of sp³-hybridized carbons (Fsp3) is 0.545. The second-order valence-electron chi connectivity index (χ2n) is 4.44. The maximum absolute atomic E-state index is 11.0. The normalized spacial score (nSPS) is 24.2. The summed E-state index contributed by atoms with van der Waals surface area (Å²) in [5.41, 5.74) is 10.7. The van der Waals surface area contributed by atoms with E-state index in [1.54, 1.807) is 6.07 Å². The molecule has 1 aromatic heterocycles. The lowest BCUT2D eigenvalue weighted by atomic mass is 9.85. The molecule has 1 heterocycles. The van der Waals surface area contributed by atoms with Crippen molar-refractivity contribution in [3.8, 4) is 0 Å². The van der Waals surface area contributed by atoms with Gasteiger partial charge < -0.3 is 16.8 Å². The molecule has 1 aromatic rings. The van der Waals surface area contributed by atoms with Crippen LogP contribution in [0.25, 0.3) is 0 Å². The van der Waals surface area contributed by atoms with Gasteiger partial charge in [-0.15, -0.1) is 10.2 Å². The first-order valence-electron chi connectivity index (χ1n) is 5.80. The average molecular weight is 235 g/mol. The van der Waals surface area contributed by atoms with Crippen LogP contribution in [0.3, 0.4) is 0 Å². The predicted octanol–water partition coefficient (Wildman–Crippen LogP) is 0.515. The van der Waals surface area contributed by atoms with Crippen molar-refractivity contribution in [2.24, 2.45) is 11.7 Å². The van der Waals surface area contributed by atoms with E-state index in [0.29, 0.717) is 11.9 Å². The molecule has 0 atom stereocenters. The van der Waals surface area contributed by atoms with E-state index in [2.05, 4.69) is 15.5 Å². The van der Waals surface area contributed by atoms with E-state index in [0.717, 1.165) is 31.5 Å². The minimum Gasteiger partial charge on any atom is -0.382 e. The SMILES string of the molecule is NC(=O)C1CCC(Nc2ccc(N)nn2)CC1. The zero-order chi connectivity index (χ0) is 12.3. The molecule has 0 bridgehead atoms. The highest BCUT2D eigenvalue weighted by Crippen LogP contribution is 2.25. The third-order valence-corrected chi connectivity index (χ3v) is 3.17. The van der Waals surface area contributed by atoms with Crippen molar-refractivity contribution in [1.82, 2.24) is 10.2 Å². The molecule has 0 unspecified atom stereocenters. The number of amides is 1. The maximum atomic E-state index is 11.0. The molecular formula is C11H17N5O. The highest BCUT2D eigenvalue weighted by molar-refractivity contribution is 5.76. The third kappa shape index (κ3) is 3.05. The second-order valence-corrected chi connectivity index (χ2v) is 4.44. The smallest absolute Gasteiger partial charge is 0.220 e. The van der Waals surface area contributed by atoms with E-state index in [-0.39, 0.29) is 11.8 Å². The van der Waals surface area contributed by atoms with Crippen LogP contribution in [-0.4, -0.2) is 22.1 Å². The summed E-state index contributed by atoms with van der Waals surface area (Å²) in [5, 5.41) is 11.0. The van der Waals surface area contributed by atoms with E-state index in [1.165, 1.54) is 0 Å². The number of nitrogens with zero attached hydrogens (tertiary/aromatic N) is 2. The fourth-order valence-electron chi connectivity index (χ4n) is 2.15. The van der Waals surface area contributed by atoms with E-state index in [9.17, 15) is 4.79 Å². The Labute approximate surface area is 99.8 Å². The molecular weight excluding hydrogens is 218 g/mol. The fourth-order valence-corrected chi connectivity index (χ4v) is 2.15. The van der Waals surface area contributed by atoms with Crippen LogP contribution in [0, 0.1) is 5.92 Å². The van der Waals surface area contributed by atoms with E-state index < -0.39 is 0 Å². The molecule has 17 heavy (non-hydrogen) atoms. The van der Waals surface area contributed by atoms with Crippen LogP contribution in [0.2, 0.25) is 0 Å². The largest absolute Gasteiger partial charge is 0.382 e. The van der Waals surface area contributed by atoms with Gasteiger partial charge in [-0.25, -0.2) is 0 Å². The lowest BCUT2D eigenvalue weighted by Gasteiger charge is -2.27. The molecule has 1 amide bonds. The zero-order valence-electron chi connectivity index (χ0n) is 9.60. The summed E-state index contributed by atoms with van der Waals surface area (Å²) in [6.45, 7) is 0. The summed E-state index contributed by atoms with van der Waals surface area (Å²) in [7, 11) is 0. The first kappa shape index (κ1) is 11.6. The molecule has 6 heteroatoms. The van der Waals surface area contributed by atoms with Crippen molar-refractivity contribution in [2.75, 3.05) is 11.1 Å². The summed E-state index contributed by atoms with van der Waals surface area (Å²) in [6, 6.07) is 3.86. The van der Waals surface area contributed by atoms with Gasteiger partial charge in [0.15, 0.2) is 0 Å². The van der Waals surface area contributed by atoms with Crippen molar-refractivity contribution >= 4 is 17.5 Å². The number of hydrogen-bond acceptors (Lipinski definition) is 5. The number of anilines is 2. The Balaban J connectivity index is 1.85. The summed E-state index contributed by atoms with van der Waals surface area (Å²) >= 11 is 0. The van der Waals surface area contributed by atoms with Gasteiger partial charge in [0.05, 0.1) is 0 Å². The number of nitrogens with one attached hydrogen (secondary N) is 1. The maximum Gasteiger partial charge on any atom is 0.220 e. The van der Waals surface area contributed by atoms with Crippen molar-refractivity contribution in [2.45, 2.75) is 31.7 Å². The first-order valence-corrected chi connectivity index (χ1v) is 5.80. The van der Waals surface area contributed by atoms with E-state index in [4.69, 9.17) is 11.5 Å². The Morgan fingerprint density at radius 1 is 1.24 bits per heavy atom. The Hall–Kier alpha value is -1.85. The van der Waals surface area contributed by atoms with E-state index >= 15 is 0 Å². The van der Waals surface area contributed by atoms with Crippen molar-refractivity contribution in [3.05, 3.63) is 12.1 Å².